The number of aromatic hydroxyl groups is 2. The van der Waals surface area contributed by atoms with Crippen molar-refractivity contribution in [3.63, 3.8) is 0 Å². The molecule has 0 unspecified atom stereocenters. The van der Waals surface area contributed by atoms with E-state index in [0.29, 0.717) is 29.3 Å². The first-order valence-corrected chi connectivity index (χ1v) is 14.7. The van der Waals surface area contributed by atoms with Crippen LogP contribution in [0.5, 0.6) is 23.0 Å². The van der Waals surface area contributed by atoms with Crippen LogP contribution in [0.25, 0.3) is 34.2 Å². The van der Waals surface area contributed by atoms with Gasteiger partial charge in [-0.15, -0.1) is 0 Å². The van der Waals surface area contributed by atoms with Crippen LogP contribution in [-0.2, 0) is 9.53 Å². The molecule has 4 rings (SSSR count). The zero-order valence-corrected chi connectivity index (χ0v) is 25.9. The monoisotopic (exact) mass is 597 g/mol. The van der Waals surface area contributed by atoms with Crippen molar-refractivity contribution in [2.45, 2.75) is 60.3 Å². The van der Waals surface area contributed by atoms with Gasteiger partial charge in [0.25, 0.3) is 0 Å². The van der Waals surface area contributed by atoms with Crippen LogP contribution in [0.15, 0.2) is 60.7 Å². The number of unbranched alkanes of at least 4 members (excludes halogenated alkanes) is 3. The van der Waals surface area contributed by atoms with E-state index in [4.69, 9.17) is 24.2 Å². The van der Waals surface area contributed by atoms with Gasteiger partial charge in [-0.05, 0) is 69.5 Å². The standard InChI is InChI=1S/C35H39N3O6/c1-7-8-9-10-15-42-25-11-13-27(29(39)18-25)32-36-33(38-34(37-32)31-23(5)16-22(4)17-24(31)6)28-14-12-26(19-30(28)40)43-20-44-35(41)21(2)3/h11-14,16-19,39-40H,2,7-10,15,20H2,1,3-6H3. The Bertz CT molecular complexity index is 1640. The number of rotatable bonds is 13. The largest absolute Gasteiger partial charge is 0.507 e. The van der Waals surface area contributed by atoms with E-state index in [9.17, 15) is 15.0 Å². The SMILES string of the molecule is C=C(C)C(=O)OCOc1ccc(-c2nc(-c3ccc(OCCCCCC)cc3O)nc(-c3c(C)cc(C)cc3C)n2)c(O)c1. The smallest absolute Gasteiger partial charge is 0.335 e. The predicted octanol–water partition coefficient (Wildman–Crippen LogP) is 7.62. The molecule has 1 aromatic heterocycles. The van der Waals surface area contributed by atoms with Crippen molar-refractivity contribution < 1.29 is 29.2 Å². The normalized spacial score (nSPS) is 10.8. The molecule has 0 aliphatic rings. The molecule has 0 amide bonds. The zero-order valence-electron chi connectivity index (χ0n) is 25.9. The molecule has 0 spiro atoms. The number of phenols is 2. The van der Waals surface area contributed by atoms with E-state index >= 15 is 0 Å². The molecule has 0 fully saturated rings. The summed E-state index contributed by atoms with van der Waals surface area (Å²) in [7, 11) is 0. The fraction of sp³-hybridized carbons (Fsp3) is 0.314. The lowest BCUT2D eigenvalue weighted by molar-refractivity contribution is -0.145. The number of hydrogen-bond donors (Lipinski definition) is 2. The first-order valence-electron chi connectivity index (χ1n) is 14.7. The van der Waals surface area contributed by atoms with Crippen molar-refractivity contribution in [2.75, 3.05) is 13.4 Å². The molecule has 0 aliphatic heterocycles. The van der Waals surface area contributed by atoms with Gasteiger partial charge in [0.1, 0.15) is 23.0 Å². The van der Waals surface area contributed by atoms with Crippen LogP contribution in [0, 0.1) is 20.8 Å². The summed E-state index contributed by atoms with van der Waals surface area (Å²) in [4.78, 5) is 25.8. The third-order valence-electron chi connectivity index (χ3n) is 6.99. The molecule has 230 valence electrons. The molecule has 9 nitrogen and oxygen atoms in total. The molecule has 0 saturated heterocycles. The molecule has 1 heterocycles. The number of nitrogens with zero attached hydrogens (tertiary/aromatic N) is 3. The highest BCUT2D eigenvalue weighted by Crippen LogP contribution is 2.36. The Hall–Kier alpha value is -4.92. The molecule has 0 atom stereocenters. The minimum absolute atomic E-state index is 0.0335. The molecule has 2 N–H and O–H groups in total. The third-order valence-corrected chi connectivity index (χ3v) is 6.99. The molecule has 0 saturated carbocycles. The van der Waals surface area contributed by atoms with Gasteiger partial charge in [-0.25, -0.2) is 19.7 Å². The Balaban J connectivity index is 1.71. The lowest BCUT2D eigenvalue weighted by Crippen LogP contribution is -2.10. The van der Waals surface area contributed by atoms with Gasteiger partial charge >= 0.3 is 5.97 Å². The summed E-state index contributed by atoms with van der Waals surface area (Å²) in [6.07, 6.45) is 4.35. The highest BCUT2D eigenvalue weighted by Gasteiger charge is 2.19. The summed E-state index contributed by atoms with van der Waals surface area (Å²) in [6.45, 7) is 13.5. The summed E-state index contributed by atoms with van der Waals surface area (Å²) in [6, 6.07) is 13.8. The molecule has 0 aliphatic carbocycles. The Labute approximate surface area is 258 Å². The summed E-state index contributed by atoms with van der Waals surface area (Å²) < 4.78 is 16.3. The van der Waals surface area contributed by atoms with E-state index < -0.39 is 5.97 Å². The minimum Gasteiger partial charge on any atom is -0.507 e. The maximum atomic E-state index is 11.6. The van der Waals surface area contributed by atoms with Crippen molar-refractivity contribution in [1.29, 1.82) is 0 Å². The zero-order chi connectivity index (χ0) is 31.8. The average molecular weight is 598 g/mol. The maximum Gasteiger partial charge on any atom is 0.335 e. The molecule has 44 heavy (non-hydrogen) atoms. The fourth-order valence-electron chi connectivity index (χ4n) is 4.84. The molecule has 9 heteroatoms. The van der Waals surface area contributed by atoms with E-state index in [0.717, 1.165) is 47.9 Å². The van der Waals surface area contributed by atoms with Crippen molar-refractivity contribution in [2.24, 2.45) is 0 Å². The second kappa shape index (κ2) is 14.5. The van der Waals surface area contributed by atoms with Crippen molar-refractivity contribution in [3.05, 3.63) is 77.4 Å². The van der Waals surface area contributed by atoms with Crippen molar-refractivity contribution in [1.82, 2.24) is 15.0 Å². The quantitative estimate of drug-likeness (QED) is 0.0693. The second-order valence-electron chi connectivity index (χ2n) is 10.8. The van der Waals surface area contributed by atoms with Crippen LogP contribution in [0.4, 0.5) is 0 Å². The first-order chi connectivity index (χ1) is 21.1. The van der Waals surface area contributed by atoms with Gasteiger partial charge in [0.05, 0.1) is 17.7 Å². The fourth-order valence-corrected chi connectivity index (χ4v) is 4.84. The van der Waals surface area contributed by atoms with Crippen LogP contribution in [0.3, 0.4) is 0 Å². The number of ether oxygens (including phenoxy) is 3. The van der Waals surface area contributed by atoms with E-state index in [1.54, 1.807) is 30.3 Å². The van der Waals surface area contributed by atoms with Crippen molar-refractivity contribution >= 4 is 5.97 Å². The predicted molar refractivity (Wildman–Crippen MR) is 170 cm³/mol. The molecule has 4 aromatic rings. The van der Waals surface area contributed by atoms with E-state index in [1.165, 1.54) is 13.0 Å². The second-order valence-corrected chi connectivity index (χ2v) is 10.8. The Morgan fingerprint density at radius 3 is 1.84 bits per heavy atom. The van der Waals surface area contributed by atoms with E-state index in [-0.39, 0.29) is 41.3 Å². The highest BCUT2D eigenvalue weighted by atomic mass is 16.7. The molecular formula is C35H39N3O6. The number of benzene rings is 3. The van der Waals surface area contributed by atoms with Crippen molar-refractivity contribution in [3.8, 4) is 57.2 Å². The minimum atomic E-state index is -0.576. The van der Waals surface area contributed by atoms with Crippen LogP contribution >= 0.6 is 0 Å². The third kappa shape index (κ3) is 7.92. The first kappa shape index (κ1) is 32.0. The molecular weight excluding hydrogens is 558 g/mol. The molecule has 3 aromatic carbocycles. The number of aromatic nitrogens is 3. The number of esters is 1. The van der Waals surface area contributed by atoms with Gasteiger partial charge in [0, 0.05) is 23.3 Å². The Kier molecular flexibility index (Phi) is 10.6. The van der Waals surface area contributed by atoms with Crippen LogP contribution < -0.4 is 9.47 Å². The number of carbonyl (C=O) groups is 1. The van der Waals surface area contributed by atoms with Gasteiger partial charge < -0.3 is 24.4 Å². The van der Waals surface area contributed by atoms with Gasteiger partial charge in [-0.3, -0.25) is 0 Å². The molecule has 0 radical (unpaired) electrons. The Morgan fingerprint density at radius 2 is 1.32 bits per heavy atom. The summed E-state index contributed by atoms with van der Waals surface area (Å²) >= 11 is 0. The van der Waals surface area contributed by atoms with Crippen LogP contribution in [-0.4, -0.2) is 44.5 Å². The van der Waals surface area contributed by atoms with Crippen LogP contribution in [0.2, 0.25) is 0 Å². The topological polar surface area (TPSA) is 124 Å². The van der Waals surface area contributed by atoms with E-state index in [1.807, 2.05) is 20.8 Å². The summed E-state index contributed by atoms with van der Waals surface area (Å²) in [5.74, 6) is 0.933. The number of hydrogen-bond acceptors (Lipinski definition) is 9. The maximum absolute atomic E-state index is 11.6. The lowest BCUT2D eigenvalue weighted by atomic mass is 9.99. The highest BCUT2D eigenvalue weighted by molar-refractivity contribution is 5.86. The Morgan fingerprint density at radius 1 is 0.773 bits per heavy atom. The van der Waals surface area contributed by atoms with Crippen LogP contribution in [0.1, 0.15) is 56.2 Å². The molecule has 0 bridgehead atoms. The van der Waals surface area contributed by atoms with Gasteiger partial charge in [-0.2, -0.15) is 0 Å². The van der Waals surface area contributed by atoms with Gasteiger partial charge in [0.2, 0.25) is 6.79 Å². The van der Waals surface area contributed by atoms with Gasteiger partial charge in [-0.1, -0.05) is 50.5 Å². The average Bonchev–Trinajstić information content (AvgIpc) is 2.96. The summed E-state index contributed by atoms with van der Waals surface area (Å²) in [5.41, 5.74) is 4.90. The number of aryl methyl sites for hydroxylation is 3. The van der Waals surface area contributed by atoms with Gasteiger partial charge in [0.15, 0.2) is 17.5 Å². The number of carbonyl (C=O) groups excluding carboxylic acids is 1. The number of phenolic OH excluding ortho intramolecular Hbond substituents is 2. The summed E-state index contributed by atoms with van der Waals surface area (Å²) in [5, 5.41) is 22.0. The van der Waals surface area contributed by atoms with E-state index in [2.05, 4.69) is 30.6 Å². The lowest BCUT2D eigenvalue weighted by Gasteiger charge is -2.14.